The predicted molar refractivity (Wildman–Crippen MR) is 69.9 cm³/mol. The monoisotopic (exact) mass is 261 g/mol. The fraction of sp³-hybridized carbons (Fsp3) is 0.133. The molecular formula is C15H13F2NO. The van der Waals surface area contributed by atoms with Gasteiger partial charge in [0.25, 0.3) is 0 Å². The standard InChI is InChI=1S/C15H13F2NO/c1-10-4-2-3-5-11(10)8-15(19)18-14-7-6-12(16)9-13(14)17/h2-7,9H,8H2,1H3,(H,18,19). The average molecular weight is 261 g/mol. The number of benzene rings is 2. The van der Waals surface area contributed by atoms with Gasteiger partial charge in [-0.25, -0.2) is 8.78 Å². The number of halogens is 2. The summed E-state index contributed by atoms with van der Waals surface area (Å²) < 4.78 is 26.1. The van der Waals surface area contributed by atoms with Crippen LogP contribution in [0.25, 0.3) is 0 Å². The number of rotatable bonds is 3. The Morgan fingerprint density at radius 2 is 1.89 bits per heavy atom. The van der Waals surface area contributed by atoms with Gasteiger partial charge in [0.2, 0.25) is 5.91 Å². The molecule has 1 N–H and O–H groups in total. The second kappa shape index (κ2) is 5.61. The van der Waals surface area contributed by atoms with Gasteiger partial charge >= 0.3 is 0 Å². The first-order valence-electron chi connectivity index (χ1n) is 5.85. The topological polar surface area (TPSA) is 29.1 Å². The molecule has 0 aliphatic rings. The van der Waals surface area contributed by atoms with Crippen LogP contribution in [0.5, 0.6) is 0 Å². The molecule has 0 saturated carbocycles. The van der Waals surface area contributed by atoms with Crippen molar-refractivity contribution in [3.05, 3.63) is 65.2 Å². The van der Waals surface area contributed by atoms with E-state index in [1.807, 2.05) is 31.2 Å². The maximum atomic E-state index is 13.4. The molecule has 1 amide bonds. The summed E-state index contributed by atoms with van der Waals surface area (Å²) in [6, 6.07) is 10.5. The molecule has 2 aromatic rings. The Balaban J connectivity index is 2.08. The van der Waals surface area contributed by atoms with Gasteiger partial charge in [-0.15, -0.1) is 0 Å². The van der Waals surface area contributed by atoms with Crippen LogP contribution in [0.2, 0.25) is 0 Å². The van der Waals surface area contributed by atoms with Crippen molar-refractivity contribution in [2.45, 2.75) is 13.3 Å². The van der Waals surface area contributed by atoms with E-state index in [0.717, 1.165) is 23.3 Å². The molecule has 0 unspecified atom stereocenters. The van der Waals surface area contributed by atoms with Crippen molar-refractivity contribution in [3.63, 3.8) is 0 Å². The van der Waals surface area contributed by atoms with Crippen LogP contribution < -0.4 is 5.32 Å². The van der Waals surface area contributed by atoms with Gasteiger partial charge in [-0.1, -0.05) is 24.3 Å². The van der Waals surface area contributed by atoms with Gasteiger partial charge in [0.05, 0.1) is 12.1 Å². The molecular weight excluding hydrogens is 248 g/mol. The van der Waals surface area contributed by atoms with Gasteiger partial charge in [-0.3, -0.25) is 4.79 Å². The molecule has 2 aromatic carbocycles. The highest BCUT2D eigenvalue weighted by atomic mass is 19.1. The Kier molecular flexibility index (Phi) is 3.90. The fourth-order valence-corrected chi connectivity index (χ4v) is 1.77. The Labute approximate surface area is 110 Å². The molecule has 0 fully saturated rings. The molecule has 0 bridgehead atoms. The van der Waals surface area contributed by atoms with E-state index < -0.39 is 11.6 Å². The summed E-state index contributed by atoms with van der Waals surface area (Å²) >= 11 is 0. The van der Waals surface area contributed by atoms with Crippen LogP contribution >= 0.6 is 0 Å². The molecule has 0 heterocycles. The van der Waals surface area contributed by atoms with E-state index in [0.29, 0.717) is 0 Å². The van der Waals surface area contributed by atoms with E-state index in [2.05, 4.69) is 5.32 Å². The van der Waals surface area contributed by atoms with Crippen molar-refractivity contribution in [2.75, 3.05) is 5.32 Å². The molecule has 0 radical (unpaired) electrons. The molecule has 19 heavy (non-hydrogen) atoms. The highest BCUT2D eigenvalue weighted by molar-refractivity contribution is 5.92. The van der Waals surface area contributed by atoms with E-state index in [1.165, 1.54) is 6.07 Å². The second-order valence-electron chi connectivity index (χ2n) is 4.28. The normalized spacial score (nSPS) is 10.3. The quantitative estimate of drug-likeness (QED) is 0.900. The number of carbonyl (C=O) groups is 1. The lowest BCUT2D eigenvalue weighted by atomic mass is 10.1. The zero-order chi connectivity index (χ0) is 13.8. The van der Waals surface area contributed by atoms with Gasteiger partial charge in [0.1, 0.15) is 11.6 Å². The van der Waals surface area contributed by atoms with Crippen molar-refractivity contribution in [1.82, 2.24) is 0 Å². The lowest BCUT2D eigenvalue weighted by Gasteiger charge is -2.08. The first-order valence-corrected chi connectivity index (χ1v) is 5.85. The van der Waals surface area contributed by atoms with Crippen molar-refractivity contribution >= 4 is 11.6 Å². The lowest BCUT2D eigenvalue weighted by molar-refractivity contribution is -0.115. The summed E-state index contributed by atoms with van der Waals surface area (Å²) in [6.07, 6.45) is 0.156. The Bertz CT molecular complexity index is 611. The van der Waals surface area contributed by atoms with Crippen LogP contribution in [-0.2, 0) is 11.2 Å². The highest BCUT2D eigenvalue weighted by Gasteiger charge is 2.09. The van der Waals surface area contributed by atoms with Crippen LogP contribution in [-0.4, -0.2) is 5.91 Å². The van der Waals surface area contributed by atoms with Crippen LogP contribution in [0.3, 0.4) is 0 Å². The molecule has 0 aromatic heterocycles. The van der Waals surface area contributed by atoms with Gasteiger partial charge in [0, 0.05) is 6.07 Å². The van der Waals surface area contributed by atoms with E-state index in [4.69, 9.17) is 0 Å². The molecule has 98 valence electrons. The number of aryl methyl sites for hydroxylation is 1. The smallest absolute Gasteiger partial charge is 0.228 e. The molecule has 2 rings (SSSR count). The van der Waals surface area contributed by atoms with Crippen LogP contribution in [0.4, 0.5) is 14.5 Å². The third-order valence-corrected chi connectivity index (χ3v) is 2.82. The largest absolute Gasteiger partial charge is 0.323 e. The van der Waals surface area contributed by atoms with Crippen LogP contribution in [0.15, 0.2) is 42.5 Å². The fourth-order valence-electron chi connectivity index (χ4n) is 1.77. The summed E-state index contributed by atoms with van der Waals surface area (Å²) in [6.45, 7) is 1.90. The van der Waals surface area contributed by atoms with Gasteiger partial charge in [-0.2, -0.15) is 0 Å². The molecule has 0 aliphatic carbocycles. The van der Waals surface area contributed by atoms with Crippen molar-refractivity contribution in [3.8, 4) is 0 Å². The van der Waals surface area contributed by atoms with Crippen molar-refractivity contribution in [2.24, 2.45) is 0 Å². The van der Waals surface area contributed by atoms with E-state index in [1.54, 1.807) is 0 Å². The lowest BCUT2D eigenvalue weighted by Crippen LogP contribution is -2.16. The Hall–Kier alpha value is -2.23. The number of hydrogen-bond donors (Lipinski definition) is 1. The third kappa shape index (κ3) is 3.37. The van der Waals surface area contributed by atoms with Gasteiger partial charge in [-0.05, 0) is 30.2 Å². The summed E-state index contributed by atoms with van der Waals surface area (Å²) in [5.41, 5.74) is 1.86. The predicted octanol–water partition coefficient (Wildman–Crippen LogP) is 3.45. The van der Waals surface area contributed by atoms with E-state index in [9.17, 15) is 13.6 Å². The first kappa shape index (κ1) is 13.2. The summed E-state index contributed by atoms with van der Waals surface area (Å²) in [5, 5.41) is 2.43. The molecule has 0 aliphatic heterocycles. The maximum absolute atomic E-state index is 13.4. The second-order valence-corrected chi connectivity index (χ2v) is 4.28. The van der Waals surface area contributed by atoms with Crippen molar-refractivity contribution in [1.29, 1.82) is 0 Å². The molecule has 0 spiro atoms. The van der Waals surface area contributed by atoms with E-state index >= 15 is 0 Å². The summed E-state index contributed by atoms with van der Waals surface area (Å²) in [5.74, 6) is -1.78. The Morgan fingerprint density at radius 3 is 2.58 bits per heavy atom. The van der Waals surface area contributed by atoms with E-state index in [-0.39, 0.29) is 18.0 Å². The number of carbonyl (C=O) groups excluding carboxylic acids is 1. The minimum Gasteiger partial charge on any atom is -0.323 e. The number of hydrogen-bond acceptors (Lipinski definition) is 1. The van der Waals surface area contributed by atoms with Gasteiger partial charge in [0.15, 0.2) is 0 Å². The van der Waals surface area contributed by atoms with Gasteiger partial charge < -0.3 is 5.32 Å². The molecule has 0 saturated heterocycles. The third-order valence-electron chi connectivity index (χ3n) is 2.82. The zero-order valence-electron chi connectivity index (χ0n) is 10.4. The van der Waals surface area contributed by atoms with Crippen LogP contribution in [0.1, 0.15) is 11.1 Å². The first-order chi connectivity index (χ1) is 9.06. The number of amides is 1. The SMILES string of the molecule is Cc1ccccc1CC(=O)Nc1ccc(F)cc1F. The molecule has 4 heteroatoms. The highest BCUT2D eigenvalue weighted by Crippen LogP contribution is 2.16. The number of nitrogens with one attached hydrogen (secondary N) is 1. The van der Waals surface area contributed by atoms with Crippen LogP contribution in [0, 0.1) is 18.6 Å². The zero-order valence-corrected chi connectivity index (χ0v) is 10.4. The average Bonchev–Trinajstić information content (AvgIpc) is 2.36. The molecule has 0 atom stereocenters. The summed E-state index contributed by atoms with van der Waals surface area (Å²) in [4.78, 5) is 11.8. The minimum atomic E-state index is -0.780. The molecule has 2 nitrogen and oxygen atoms in total. The van der Waals surface area contributed by atoms with Crippen molar-refractivity contribution < 1.29 is 13.6 Å². The number of anilines is 1. The summed E-state index contributed by atoms with van der Waals surface area (Å²) in [7, 11) is 0. The Morgan fingerprint density at radius 1 is 1.16 bits per heavy atom. The maximum Gasteiger partial charge on any atom is 0.228 e. The minimum absolute atomic E-state index is 0.0139.